The number of ketones is 1. The van der Waals surface area contributed by atoms with Crippen LogP contribution in [0.5, 0.6) is 0 Å². The summed E-state index contributed by atoms with van der Waals surface area (Å²) in [7, 11) is 0. The highest BCUT2D eigenvalue weighted by molar-refractivity contribution is 5.92. The van der Waals surface area contributed by atoms with Crippen molar-refractivity contribution in [2.75, 3.05) is 13.1 Å². The highest BCUT2D eigenvalue weighted by Crippen LogP contribution is 2.19. The van der Waals surface area contributed by atoms with Gasteiger partial charge in [-0.1, -0.05) is 13.8 Å². The monoisotopic (exact) mass is 181 g/mol. The Labute approximate surface area is 80.6 Å². The van der Waals surface area contributed by atoms with E-state index in [9.17, 15) is 4.79 Å². The molecule has 2 nitrogen and oxygen atoms in total. The molecule has 1 aliphatic carbocycles. The van der Waals surface area contributed by atoms with Crippen molar-refractivity contribution in [3.05, 3.63) is 11.8 Å². The molecule has 0 aliphatic heterocycles. The standard InChI is InChI=1S/C11H19NO/c1-4-12(8-9(2)3)10-5-6-11(13)7-10/h7,9H,4-6,8H2,1-3H3. The fourth-order valence-corrected chi connectivity index (χ4v) is 1.72. The van der Waals surface area contributed by atoms with Crippen LogP contribution >= 0.6 is 0 Å². The molecular weight excluding hydrogens is 162 g/mol. The van der Waals surface area contributed by atoms with Crippen molar-refractivity contribution in [3.63, 3.8) is 0 Å². The molecule has 0 amide bonds. The average molecular weight is 181 g/mol. The van der Waals surface area contributed by atoms with Crippen molar-refractivity contribution in [1.82, 2.24) is 4.90 Å². The molecule has 1 rings (SSSR count). The van der Waals surface area contributed by atoms with Crippen LogP contribution in [0.25, 0.3) is 0 Å². The predicted octanol–water partition coefficient (Wildman–Crippen LogP) is 2.21. The van der Waals surface area contributed by atoms with Crippen molar-refractivity contribution in [2.45, 2.75) is 33.6 Å². The summed E-state index contributed by atoms with van der Waals surface area (Å²) in [6, 6.07) is 0. The van der Waals surface area contributed by atoms with Crippen LogP contribution < -0.4 is 0 Å². The Hall–Kier alpha value is -0.790. The summed E-state index contributed by atoms with van der Waals surface area (Å²) in [4.78, 5) is 13.4. The van der Waals surface area contributed by atoms with Crippen molar-refractivity contribution in [3.8, 4) is 0 Å². The molecule has 0 fully saturated rings. The lowest BCUT2D eigenvalue weighted by atomic mass is 10.2. The summed E-state index contributed by atoms with van der Waals surface area (Å²) in [6.45, 7) is 8.64. The number of rotatable bonds is 4. The minimum Gasteiger partial charge on any atom is -0.375 e. The van der Waals surface area contributed by atoms with Crippen LogP contribution in [0.3, 0.4) is 0 Å². The van der Waals surface area contributed by atoms with Crippen molar-refractivity contribution >= 4 is 5.78 Å². The van der Waals surface area contributed by atoms with Crippen molar-refractivity contribution in [1.29, 1.82) is 0 Å². The van der Waals surface area contributed by atoms with E-state index in [1.165, 1.54) is 5.70 Å². The normalized spacial score (nSPS) is 16.6. The maximum atomic E-state index is 11.1. The number of nitrogens with zero attached hydrogens (tertiary/aromatic N) is 1. The maximum Gasteiger partial charge on any atom is 0.157 e. The molecule has 0 N–H and O–H groups in total. The van der Waals surface area contributed by atoms with E-state index in [1.807, 2.05) is 6.08 Å². The molecule has 0 bridgehead atoms. The molecule has 0 unspecified atom stereocenters. The molecule has 0 atom stereocenters. The van der Waals surface area contributed by atoms with Crippen LogP contribution in [0.1, 0.15) is 33.6 Å². The third kappa shape index (κ3) is 2.87. The first-order valence-corrected chi connectivity index (χ1v) is 5.11. The zero-order chi connectivity index (χ0) is 9.84. The Balaban J connectivity index is 2.56. The van der Waals surface area contributed by atoms with E-state index in [1.54, 1.807) is 0 Å². The summed E-state index contributed by atoms with van der Waals surface area (Å²) in [5.74, 6) is 0.953. The van der Waals surface area contributed by atoms with Crippen molar-refractivity contribution < 1.29 is 4.79 Å². The highest BCUT2D eigenvalue weighted by atomic mass is 16.1. The Bertz CT molecular complexity index is 218. The number of carbonyl (C=O) groups is 1. The molecule has 0 aromatic rings. The number of allylic oxidation sites excluding steroid dienone is 2. The van der Waals surface area contributed by atoms with Crippen LogP contribution in [-0.4, -0.2) is 23.8 Å². The Morgan fingerprint density at radius 1 is 1.46 bits per heavy atom. The Kier molecular flexibility index (Phi) is 3.52. The SMILES string of the molecule is CCN(CC(C)C)C1=CC(=O)CC1. The van der Waals surface area contributed by atoms with Crippen LogP contribution in [0.4, 0.5) is 0 Å². The molecular formula is C11H19NO. The van der Waals surface area contributed by atoms with E-state index in [0.29, 0.717) is 12.3 Å². The fraction of sp³-hybridized carbons (Fsp3) is 0.727. The Morgan fingerprint density at radius 2 is 2.15 bits per heavy atom. The molecule has 2 heteroatoms. The molecule has 0 saturated heterocycles. The van der Waals surface area contributed by atoms with Gasteiger partial charge in [0, 0.05) is 31.3 Å². The lowest BCUT2D eigenvalue weighted by Gasteiger charge is -2.25. The summed E-state index contributed by atoms with van der Waals surface area (Å²) in [5.41, 5.74) is 1.24. The van der Waals surface area contributed by atoms with Crippen LogP contribution in [0.15, 0.2) is 11.8 Å². The molecule has 74 valence electrons. The molecule has 0 saturated carbocycles. The summed E-state index contributed by atoms with van der Waals surface area (Å²) >= 11 is 0. The smallest absolute Gasteiger partial charge is 0.157 e. The highest BCUT2D eigenvalue weighted by Gasteiger charge is 2.17. The third-order valence-electron chi connectivity index (χ3n) is 2.33. The van der Waals surface area contributed by atoms with Gasteiger partial charge in [-0.15, -0.1) is 0 Å². The molecule has 13 heavy (non-hydrogen) atoms. The van der Waals surface area contributed by atoms with Gasteiger partial charge in [0.15, 0.2) is 5.78 Å². The van der Waals surface area contributed by atoms with Crippen LogP contribution in [0.2, 0.25) is 0 Å². The molecule has 0 heterocycles. The molecule has 0 spiro atoms. The van der Waals surface area contributed by atoms with Gasteiger partial charge in [-0.2, -0.15) is 0 Å². The molecule has 0 aromatic carbocycles. The van der Waals surface area contributed by atoms with E-state index in [4.69, 9.17) is 0 Å². The van der Waals surface area contributed by atoms with Gasteiger partial charge >= 0.3 is 0 Å². The van der Waals surface area contributed by atoms with E-state index >= 15 is 0 Å². The number of hydrogen-bond acceptors (Lipinski definition) is 2. The van der Waals surface area contributed by atoms with Gasteiger partial charge in [0.05, 0.1) is 0 Å². The molecule has 1 aliphatic rings. The lowest BCUT2D eigenvalue weighted by Crippen LogP contribution is -2.26. The quantitative estimate of drug-likeness (QED) is 0.662. The van der Waals surface area contributed by atoms with Gasteiger partial charge in [0.2, 0.25) is 0 Å². The third-order valence-corrected chi connectivity index (χ3v) is 2.33. The second-order valence-electron chi connectivity index (χ2n) is 4.03. The van der Waals surface area contributed by atoms with Gasteiger partial charge in [0.25, 0.3) is 0 Å². The second kappa shape index (κ2) is 4.45. The summed E-state index contributed by atoms with van der Waals surface area (Å²) < 4.78 is 0. The molecule has 0 radical (unpaired) electrons. The van der Waals surface area contributed by atoms with Gasteiger partial charge < -0.3 is 4.90 Å². The average Bonchev–Trinajstić information content (AvgIpc) is 2.47. The fourth-order valence-electron chi connectivity index (χ4n) is 1.72. The number of carbonyl (C=O) groups excluding carboxylic acids is 1. The topological polar surface area (TPSA) is 20.3 Å². The van der Waals surface area contributed by atoms with Crippen LogP contribution in [-0.2, 0) is 4.79 Å². The first-order valence-electron chi connectivity index (χ1n) is 5.11. The van der Waals surface area contributed by atoms with E-state index in [0.717, 1.165) is 19.5 Å². The van der Waals surface area contributed by atoms with Gasteiger partial charge in [-0.05, 0) is 19.3 Å². The minimum absolute atomic E-state index is 0.289. The van der Waals surface area contributed by atoms with Gasteiger partial charge in [0.1, 0.15) is 0 Å². The van der Waals surface area contributed by atoms with E-state index < -0.39 is 0 Å². The first kappa shape index (κ1) is 10.3. The predicted molar refractivity (Wildman–Crippen MR) is 54.4 cm³/mol. The zero-order valence-corrected chi connectivity index (χ0v) is 8.84. The molecule has 0 aromatic heterocycles. The lowest BCUT2D eigenvalue weighted by molar-refractivity contribution is -0.114. The maximum absolute atomic E-state index is 11.1. The largest absolute Gasteiger partial charge is 0.375 e. The number of hydrogen-bond donors (Lipinski definition) is 0. The van der Waals surface area contributed by atoms with Gasteiger partial charge in [-0.3, -0.25) is 4.79 Å². The zero-order valence-electron chi connectivity index (χ0n) is 8.84. The van der Waals surface area contributed by atoms with Gasteiger partial charge in [-0.25, -0.2) is 0 Å². The van der Waals surface area contributed by atoms with Crippen LogP contribution in [0, 0.1) is 5.92 Å². The second-order valence-corrected chi connectivity index (χ2v) is 4.03. The first-order chi connectivity index (χ1) is 6.13. The Morgan fingerprint density at radius 3 is 2.54 bits per heavy atom. The van der Waals surface area contributed by atoms with E-state index in [2.05, 4.69) is 25.7 Å². The minimum atomic E-state index is 0.289. The van der Waals surface area contributed by atoms with E-state index in [-0.39, 0.29) is 5.78 Å². The summed E-state index contributed by atoms with van der Waals surface area (Å²) in [6.07, 6.45) is 3.47. The summed E-state index contributed by atoms with van der Waals surface area (Å²) in [5, 5.41) is 0. The van der Waals surface area contributed by atoms with Crippen molar-refractivity contribution in [2.24, 2.45) is 5.92 Å².